The van der Waals surface area contributed by atoms with Crippen LogP contribution < -0.4 is 5.73 Å². The van der Waals surface area contributed by atoms with Gasteiger partial charge in [0.15, 0.2) is 18.0 Å². The van der Waals surface area contributed by atoms with Crippen molar-refractivity contribution in [1.29, 1.82) is 0 Å². The molecule has 0 fully saturated rings. The molecule has 0 unspecified atom stereocenters. The van der Waals surface area contributed by atoms with Gasteiger partial charge < -0.3 is 15.2 Å². The van der Waals surface area contributed by atoms with Crippen LogP contribution >= 0.6 is 0 Å². The Balaban J connectivity index is 4.22. The first-order valence-electron chi connectivity index (χ1n) is 5.13. The van der Waals surface area contributed by atoms with Crippen molar-refractivity contribution >= 4 is 23.6 Å². The Morgan fingerprint density at radius 3 is 1.67 bits per heavy atom. The van der Waals surface area contributed by atoms with E-state index in [2.05, 4.69) is 9.47 Å². The first-order valence-corrected chi connectivity index (χ1v) is 5.13. The van der Waals surface area contributed by atoms with E-state index in [0.717, 1.165) is 12.2 Å². The van der Waals surface area contributed by atoms with E-state index in [1.165, 1.54) is 20.8 Å². The van der Waals surface area contributed by atoms with Crippen molar-refractivity contribution in [2.75, 3.05) is 0 Å². The standard InChI is InChI=1S/C11H15NO6/c1-6(13)7(2)17-9(14)4-5-10(15)18-8(3)11(12)16/h4-5,7-8H,1-3H3,(H2,12,16)/b5-4+/t7-,8-/m0/s1. The summed E-state index contributed by atoms with van der Waals surface area (Å²) in [6.45, 7) is 3.97. The highest BCUT2D eigenvalue weighted by Gasteiger charge is 2.14. The molecule has 100 valence electrons. The molecular weight excluding hydrogens is 242 g/mol. The summed E-state index contributed by atoms with van der Waals surface area (Å²) in [6, 6.07) is 0. The van der Waals surface area contributed by atoms with Crippen LogP contribution in [-0.2, 0) is 28.7 Å². The lowest BCUT2D eigenvalue weighted by Crippen LogP contribution is -2.30. The molecule has 0 saturated heterocycles. The number of nitrogens with two attached hydrogens (primary N) is 1. The molecule has 1 amide bonds. The number of carbonyl (C=O) groups excluding carboxylic acids is 4. The van der Waals surface area contributed by atoms with Gasteiger partial charge in [0.2, 0.25) is 0 Å². The van der Waals surface area contributed by atoms with Crippen LogP contribution in [0.2, 0.25) is 0 Å². The van der Waals surface area contributed by atoms with E-state index in [1.807, 2.05) is 0 Å². The fourth-order valence-electron chi connectivity index (χ4n) is 0.704. The van der Waals surface area contributed by atoms with E-state index < -0.39 is 30.1 Å². The fraction of sp³-hybridized carbons (Fsp3) is 0.455. The van der Waals surface area contributed by atoms with Gasteiger partial charge in [-0.15, -0.1) is 0 Å². The molecule has 0 bridgehead atoms. The van der Waals surface area contributed by atoms with Crippen molar-refractivity contribution < 1.29 is 28.7 Å². The fourth-order valence-corrected chi connectivity index (χ4v) is 0.704. The van der Waals surface area contributed by atoms with E-state index in [9.17, 15) is 19.2 Å². The lowest BCUT2D eigenvalue weighted by Gasteiger charge is -2.08. The van der Waals surface area contributed by atoms with Crippen molar-refractivity contribution in [2.45, 2.75) is 33.0 Å². The number of carbonyl (C=O) groups is 4. The van der Waals surface area contributed by atoms with Crippen molar-refractivity contribution in [3.8, 4) is 0 Å². The lowest BCUT2D eigenvalue weighted by atomic mass is 10.3. The second-order valence-electron chi connectivity index (χ2n) is 3.50. The van der Waals surface area contributed by atoms with Gasteiger partial charge >= 0.3 is 11.9 Å². The van der Waals surface area contributed by atoms with Crippen molar-refractivity contribution in [2.24, 2.45) is 5.73 Å². The number of amides is 1. The van der Waals surface area contributed by atoms with Crippen LogP contribution in [0.25, 0.3) is 0 Å². The molecule has 7 nitrogen and oxygen atoms in total. The molecule has 0 aromatic rings. The Morgan fingerprint density at radius 1 is 0.944 bits per heavy atom. The van der Waals surface area contributed by atoms with Crippen molar-refractivity contribution in [3.05, 3.63) is 12.2 Å². The number of primary amides is 1. The molecule has 0 aromatic heterocycles. The van der Waals surface area contributed by atoms with Crippen LogP contribution in [0.3, 0.4) is 0 Å². The third-order valence-electron chi connectivity index (χ3n) is 1.91. The van der Waals surface area contributed by atoms with Gasteiger partial charge in [-0.05, 0) is 20.8 Å². The van der Waals surface area contributed by atoms with Crippen LogP contribution in [-0.4, -0.2) is 35.8 Å². The number of Topliss-reactive ketones (excluding diaryl/α,β-unsaturated/α-hetero) is 1. The summed E-state index contributed by atoms with van der Waals surface area (Å²) in [5.74, 6) is -2.89. The summed E-state index contributed by atoms with van der Waals surface area (Å²) in [7, 11) is 0. The van der Waals surface area contributed by atoms with Crippen LogP contribution in [0.4, 0.5) is 0 Å². The average molecular weight is 257 g/mol. The smallest absolute Gasteiger partial charge is 0.331 e. The minimum atomic E-state index is -1.09. The highest BCUT2D eigenvalue weighted by Crippen LogP contribution is 1.96. The average Bonchev–Trinajstić information content (AvgIpc) is 2.25. The van der Waals surface area contributed by atoms with Gasteiger partial charge in [-0.25, -0.2) is 9.59 Å². The van der Waals surface area contributed by atoms with E-state index in [0.29, 0.717) is 0 Å². The molecule has 2 N–H and O–H groups in total. The second kappa shape index (κ2) is 7.21. The maximum Gasteiger partial charge on any atom is 0.331 e. The lowest BCUT2D eigenvalue weighted by molar-refractivity contribution is -0.150. The third kappa shape index (κ3) is 6.41. The monoisotopic (exact) mass is 257 g/mol. The van der Waals surface area contributed by atoms with Gasteiger partial charge in [0.1, 0.15) is 0 Å². The Kier molecular flexibility index (Phi) is 6.33. The minimum absolute atomic E-state index is 0.318. The van der Waals surface area contributed by atoms with Gasteiger partial charge in [-0.1, -0.05) is 0 Å². The van der Waals surface area contributed by atoms with Crippen molar-refractivity contribution in [3.63, 3.8) is 0 Å². The van der Waals surface area contributed by atoms with Gasteiger partial charge in [-0.3, -0.25) is 9.59 Å². The Labute approximate surface area is 104 Å². The van der Waals surface area contributed by atoms with Gasteiger partial charge in [0, 0.05) is 12.2 Å². The maximum absolute atomic E-state index is 11.1. The molecule has 2 atom stereocenters. The molecular formula is C11H15NO6. The predicted molar refractivity (Wildman–Crippen MR) is 60.1 cm³/mol. The van der Waals surface area contributed by atoms with E-state index in [4.69, 9.17) is 5.73 Å². The Hall–Kier alpha value is -2.18. The molecule has 0 rings (SSSR count). The first-order chi connectivity index (χ1) is 8.23. The number of rotatable bonds is 6. The van der Waals surface area contributed by atoms with Crippen LogP contribution in [0.1, 0.15) is 20.8 Å². The molecule has 18 heavy (non-hydrogen) atoms. The number of hydrogen-bond donors (Lipinski definition) is 1. The topological polar surface area (TPSA) is 113 Å². The molecule has 0 aromatic carbocycles. The van der Waals surface area contributed by atoms with Crippen molar-refractivity contribution in [1.82, 2.24) is 0 Å². The summed E-state index contributed by atoms with van der Waals surface area (Å²) in [6.07, 6.45) is -0.388. The quantitative estimate of drug-likeness (QED) is 0.506. The molecule has 0 spiro atoms. The largest absolute Gasteiger partial charge is 0.452 e. The molecule has 0 aliphatic rings. The van der Waals surface area contributed by atoms with Gasteiger partial charge in [-0.2, -0.15) is 0 Å². The second-order valence-corrected chi connectivity index (χ2v) is 3.50. The molecule has 0 saturated carbocycles. The highest BCUT2D eigenvalue weighted by atomic mass is 16.6. The summed E-state index contributed by atoms with van der Waals surface area (Å²) < 4.78 is 9.18. The number of esters is 2. The number of ether oxygens (including phenoxy) is 2. The third-order valence-corrected chi connectivity index (χ3v) is 1.91. The normalized spacial score (nSPS) is 13.7. The summed E-state index contributed by atoms with van der Waals surface area (Å²) in [5.41, 5.74) is 4.87. The van der Waals surface area contributed by atoms with Crippen LogP contribution in [0.5, 0.6) is 0 Å². The number of ketones is 1. The highest BCUT2D eigenvalue weighted by molar-refractivity contribution is 5.94. The zero-order chi connectivity index (χ0) is 14.3. The summed E-state index contributed by atoms with van der Waals surface area (Å²) in [4.78, 5) is 43.6. The molecule has 0 aliphatic carbocycles. The van der Waals surface area contributed by atoms with Gasteiger partial charge in [0.05, 0.1) is 0 Å². The zero-order valence-electron chi connectivity index (χ0n) is 10.3. The molecule has 0 radical (unpaired) electrons. The van der Waals surface area contributed by atoms with Crippen LogP contribution in [0, 0.1) is 0 Å². The van der Waals surface area contributed by atoms with Crippen LogP contribution in [0.15, 0.2) is 12.2 Å². The van der Waals surface area contributed by atoms with E-state index >= 15 is 0 Å². The SMILES string of the molecule is CC(=O)[C@H](C)OC(=O)/C=C/C(=O)O[C@@H](C)C(N)=O. The maximum atomic E-state index is 11.1. The van der Waals surface area contributed by atoms with E-state index in [-0.39, 0.29) is 5.78 Å². The summed E-state index contributed by atoms with van der Waals surface area (Å²) in [5, 5.41) is 0. The summed E-state index contributed by atoms with van der Waals surface area (Å²) >= 11 is 0. The van der Waals surface area contributed by atoms with E-state index in [1.54, 1.807) is 0 Å². The Morgan fingerprint density at radius 2 is 1.33 bits per heavy atom. The first kappa shape index (κ1) is 15.8. The molecule has 0 aliphatic heterocycles. The number of hydrogen-bond acceptors (Lipinski definition) is 6. The minimum Gasteiger partial charge on any atom is -0.452 e. The molecule has 7 heteroatoms. The predicted octanol–water partition coefficient (Wildman–Crippen LogP) is -0.520. The van der Waals surface area contributed by atoms with Gasteiger partial charge in [0.25, 0.3) is 5.91 Å². The molecule has 0 heterocycles. The zero-order valence-corrected chi connectivity index (χ0v) is 10.3. The Bertz CT molecular complexity index is 351.